The van der Waals surface area contributed by atoms with Gasteiger partial charge in [0.25, 0.3) is 0 Å². The molecule has 0 saturated carbocycles. The Bertz CT molecular complexity index is 669. The second-order valence-electron chi connectivity index (χ2n) is 4.76. The fourth-order valence-corrected chi connectivity index (χ4v) is 2.29. The van der Waals surface area contributed by atoms with Gasteiger partial charge in [-0.3, -0.25) is 5.43 Å². The minimum atomic E-state index is 0.523. The van der Waals surface area contributed by atoms with Crippen LogP contribution in [0.15, 0.2) is 41.5 Å². The van der Waals surface area contributed by atoms with Gasteiger partial charge < -0.3 is 9.47 Å². The Hall–Kier alpha value is -2.20. The molecule has 108 valence electrons. The monoisotopic (exact) mass is 302 g/mol. The van der Waals surface area contributed by atoms with Gasteiger partial charge in [-0.25, -0.2) is 0 Å². The summed E-state index contributed by atoms with van der Waals surface area (Å²) in [6.07, 6.45) is 1.70. The maximum absolute atomic E-state index is 6.17. The third-order valence-corrected chi connectivity index (χ3v) is 3.36. The molecule has 0 amide bonds. The van der Waals surface area contributed by atoms with Crippen LogP contribution in [0.2, 0.25) is 5.02 Å². The van der Waals surface area contributed by atoms with Gasteiger partial charge in [0.05, 0.1) is 16.9 Å². The lowest BCUT2D eigenvalue weighted by Crippen LogP contribution is -2.15. The molecule has 1 N–H and O–H groups in total. The fourth-order valence-electron chi connectivity index (χ4n) is 2.01. The van der Waals surface area contributed by atoms with Crippen molar-refractivity contribution >= 4 is 23.5 Å². The highest BCUT2D eigenvalue weighted by Gasteiger charge is 2.15. The van der Waals surface area contributed by atoms with E-state index in [1.54, 1.807) is 12.3 Å². The second-order valence-corrected chi connectivity index (χ2v) is 5.17. The molecule has 2 aromatic carbocycles. The van der Waals surface area contributed by atoms with E-state index in [2.05, 4.69) is 10.5 Å². The molecule has 4 nitrogen and oxygen atoms in total. The van der Waals surface area contributed by atoms with Crippen LogP contribution >= 0.6 is 11.6 Å². The third kappa shape index (κ3) is 3.28. The molecule has 0 radical (unpaired) electrons. The second kappa shape index (κ2) is 6.06. The number of halogens is 1. The molecule has 0 aliphatic carbocycles. The smallest absolute Gasteiger partial charge is 0.179 e. The Morgan fingerprint density at radius 2 is 1.90 bits per heavy atom. The van der Waals surface area contributed by atoms with Crippen LogP contribution < -0.4 is 14.9 Å². The van der Waals surface area contributed by atoms with E-state index in [9.17, 15) is 0 Å². The minimum Gasteiger partial charge on any atom is -0.486 e. The molecule has 0 fully saturated rings. The Kier molecular flexibility index (Phi) is 3.97. The molecule has 5 heteroatoms. The number of hydrogen-bond donors (Lipinski definition) is 1. The van der Waals surface area contributed by atoms with Crippen molar-refractivity contribution in [3.05, 3.63) is 52.5 Å². The van der Waals surface area contributed by atoms with Crippen LogP contribution in [0, 0.1) is 6.92 Å². The molecule has 0 bridgehead atoms. The summed E-state index contributed by atoms with van der Waals surface area (Å²) < 4.78 is 11.0. The lowest BCUT2D eigenvalue weighted by molar-refractivity contribution is 0.171. The summed E-state index contributed by atoms with van der Waals surface area (Å²) in [5, 5.41) is 4.73. The van der Waals surface area contributed by atoms with Crippen LogP contribution in [-0.2, 0) is 0 Å². The summed E-state index contributed by atoms with van der Waals surface area (Å²) in [7, 11) is 0. The first-order chi connectivity index (χ1) is 10.2. The van der Waals surface area contributed by atoms with Crippen LogP contribution in [-0.4, -0.2) is 19.4 Å². The summed E-state index contributed by atoms with van der Waals surface area (Å²) in [6.45, 7) is 3.10. The number of benzene rings is 2. The minimum absolute atomic E-state index is 0.523. The summed E-state index contributed by atoms with van der Waals surface area (Å²) in [5.74, 6) is 1.26. The molecular formula is C16H15ClN2O2. The van der Waals surface area contributed by atoms with E-state index in [0.717, 1.165) is 11.3 Å². The highest BCUT2D eigenvalue weighted by Crippen LogP contribution is 2.37. The zero-order valence-corrected chi connectivity index (χ0v) is 12.4. The van der Waals surface area contributed by atoms with Gasteiger partial charge in [0.2, 0.25) is 0 Å². The van der Waals surface area contributed by atoms with Gasteiger partial charge in [0.15, 0.2) is 11.5 Å². The van der Waals surface area contributed by atoms with Crippen molar-refractivity contribution in [3.63, 3.8) is 0 Å². The summed E-state index contributed by atoms with van der Waals surface area (Å²) in [6, 6.07) is 11.7. The van der Waals surface area contributed by atoms with E-state index in [1.807, 2.05) is 37.3 Å². The number of aryl methyl sites for hydroxylation is 1. The van der Waals surface area contributed by atoms with Crippen molar-refractivity contribution in [2.24, 2.45) is 5.10 Å². The topological polar surface area (TPSA) is 42.9 Å². The molecule has 3 rings (SSSR count). The van der Waals surface area contributed by atoms with Gasteiger partial charge in [-0.1, -0.05) is 29.3 Å². The normalized spacial score (nSPS) is 13.4. The fraction of sp³-hybridized carbons (Fsp3) is 0.188. The third-order valence-electron chi connectivity index (χ3n) is 3.08. The predicted molar refractivity (Wildman–Crippen MR) is 84.8 cm³/mol. The number of ether oxygens (including phenoxy) is 2. The maximum atomic E-state index is 6.17. The predicted octanol–water partition coefficient (Wildman–Crippen LogP) is 3.87. The summed E-state index contributed by atoms with van der Waals surface area (Å²) >= 11 is 6.17. The molecule has 1 aliphatic rings. The van der Waals surface area contributed by atoms with Gasteiger partial charge in [-0.05, 0) is 36.8 Å². The average molecular weight is 303 g/mol. The van der Waals surface area contributed by atoms with Crippen LogP contribution in [0.3, 0.4) is 0 Å². The van der Waals surface area contributed by atoms with Gasteiger partial charge in [0.1, 0.15) is 13.2 Å². The SMILES string of the molecule is Cc1ccc(N/N=C\c2cc(Cl)c3c(c2)OCCO3)cc1. The van der Waals surface area contributed by atoms with Crippen molar-refractivity contribution in [2.45, 2.75) is 6.92 Å². The highest BCUT2D eigenvalue weighted by atomic mass is 35.5. The van der Waals surface area contributed by atoms with Crippen LogP contribution in [0.4, 0.5) is 5.69 Å². The first kappa shape index (κ1) is 13.8. The number of fused-ring (bicyclic) bond motifs is 1. The molecule has 0 atom stereocenters. The molecule has 0 aromatic heterocycles. The summed E-state index contributed by atoms with van der Waals surface area (Å²) in [4.78, 5) is 0. The van der Waals surface area contributed by atoms with Gasteiger partial charge in [0, 0.05) is 0 Å². The first-order valence-electron chi connectivity index (χ1n) is 6.67. The number of nitrogens with zero attached hydrogens (tertiary/aromatic N) is 1. The highest BCUT2D eigenvalue weighted by molar-refractivity contribution is 6.32. The number of hydrazone groups is 1. The molecule has 2 aromatic rings. The van der Waals surface area contributed by atoms with Crippen molar-refractivity contribution < 1.29 is 9.47 Å². The number of rotatable bonds is 3. The first-order valence-corrected chi connectivity index (χ1v) is 7.05. The molecule has 0 saturated heterocycles. The lowest BCUT2D eigenvalue weighted by atomic mass is 10.2. The molecular weight excluding hydrogens is 288 g/mol. The van der Waals surface area contributed by atoms with Crippen molar-refractivity contribution in [3.8, 4) is 11.5 Å². The van der Waals surface area contributed by atoms with E-state index >= 15 is 0 Å². The largest absolute Gasteiger partial charge is 0.486 e. The van der Waals surface area contributed by atoms with E-state index in [1.165, 1.54) is 5.56 Å². The quantitative estimate of drug-likeness (QED) is 0.691. The Morgan fingerprint density at radius 1 is 1.14 bits per heavy atom. The van der Waals surface area contributed by atoms with Gasteiger partial charge in [-0.2, -0.15) is 5.10 Å². The van der Waals surface area contributed by atoms with Crippen LogP contribution in [0.25, 0.3) is 0 Å². The van der Waals surface area contributed by atoms with Crippen LogP contribution in [0.5, 0.6) is 11.5 Å². The Morgan fingerprint density at radius 3 is 2.71 bits per heavy atom. The van der Waals surface area contributed by atoms with Gasteiger partial charge in [-0.15, -0.1) is 0 Å². The van der Waals surface area contributed by atoms with E-state index in [4.69, 9.17) is 21.1 Å². The van der Waals surface area contributed by atoms with Crippen LogP contribution in [0.1, 0.15) is 11.1 Å². The summed E-state index contributed by atoms with van der Waals surface area (Å²) in [5.41, 5.74) is 5.97. The lowest BCUT2D eigenvalue weighted by Gasteiger charge is -2.19. The van der Waals surface area contributed by atoms with Crippen molar-refractivity contribution in [1.29, 1.82) is 0 Å². The van der Waals surface area contributed by atoms with Crippen molar-refractivity contribution in [2.75, 3.05) is 18.6 Å². The zero-order chi connectivity index (χ0) is 14.7. The number of hydrogen-bond acceptors (Lipinski definition) is 4. The molecule has 0 spiro atoms. The van der Waals surface area contributed by atoms with Gasteiger partial charge >= 0.3 is 0 Å². The Balaban J connectivity index is 1.74. The number of anilines is 1. The molecule has 1 heterocycles. The van der Waals surface area contributed by atoms with E-state index in [-0.39, 0.29) is 0 Å². The Labute approximate surface area is 128 Å². The number of nitrogens with one attached hydrogen (secondary N) is 1. The molecule has 1 aliphatic heterocycles. The zero-order valence-electron chi connectivity index (χ0n) is 11.6. The average Bonchev–Trinajstić information content (AvgIpc) is 2.49. The van der Waals surface area contributed by atoms with E-state index < -0.39 is 0 Å². The van der Waals surface area contributed by atoms with E-state index in [0.29, 0.717) is 29.7 Å². The van der Waals surface area contributed by atoms with Crippen molar-refractivity contribution in [1.82, 2.24) is 0 Å². The maximum Gasteiger partial charge on any atom is 0.179 e. The molecule has 21 heavy (non-hydrogen) atoms. The molecule has 0 unspecified atom stereocenters. The standard InChI is InChI=1S/C16H15ClN2O2/c1-11-2-4-13(5-3-11)19-18-10-12-8-14(17)16-15(9-12)20-6-7-21-16/h2-5,8-10,19H,6-7H2,1H3/b18-10-.